The van der Waals surface area contributed by atoms with E-state index in [-0.39, 0.29) is 5.92 Å². The lowest BCUT2D eigenvalue weighted by atomic mass is 9.91. The Bertz CT molecular complexity index is 218. The summed E-state index contributed by atoms with van der Waals surface area (Å²) in [5.74, 6) is 1.55. The number of rotatable bonds is 3. The Morgan fingerprint density at radius 1 is 1.33 bits per heavy atom. The molecule has 0 atom stereocenters. The number of likely N-dealkylation sites (tertiary alicyclic amines) is 1. The molecule has 86 valence electrons. The third-order valence-electron chi connectivity index (χ3n) is 3.75. The summed E-state index contributed by atoms with van der Waals surface area (Å²) in [4.78, 5) is 14.0. The third-order valence-corrected chi connectivity index (χ3v) is 3.75. The molecule has 0 bridgehead atoms. The number of amides is 1. The fraction of sp³-hybridized carbons (Fsp3) is 0.917. The molecule has 0 spiro atoms. The molecule has 3 heteroatoms. The standard InChI is InChI=1S/C12H22N2O/c1-2-3-10-4-6-14(7-5-10)12(15)11-8-13-9-11/h10-11,13H,2-9H2,1H3. The van der Waals surface area contributed by atoms with Gasteiger partial charge in [-0.2, -0.15) is 0 Å². The van der Waals surface area contributed by atoms with Crippen LogP contribution in [0.4, 0.5) is 0 Å². The van der Waals surface area contributed by atoms with Gasteiger partial charge in [0.15, 0.2) is 0 Å². The molecular weight excluding hydrogens is 188 g/mol. The number of nitrogens with zero attached hydrogens (tertiary/aromatic N) is 1. The third kappa shape index (κ3) is 2.51. The lowest BCUT2D eigenvalue weighted by Gasteiger charge is -2.36. The van der Waals surface area contributed by atoms with Gasteiger partial charge in [0.05, 0.1) is 5.92 Å². The summed E-state index contributed by atoms with van der Waals surface area (Å²) < 4.78 is 0. The van der Waals surface area contributed by atoms with E-state index < -0.39 is 0 Å². The first kappa shape index (κ1) is 10.9. The van der Waals surface area contributed by atoms with Gasteiger partial charge in [-0.05, 0) is 18.8 Å². The lowest BCUT2D eigenvalue weighted by molar-refractivity contribution is -0.138. The molecular formula is C12H22N2O. The first-order valence-electron chi connectivity index (χ1n) is 6.30. The Kier molecular flexibility index (Phi) is 3.62. The van der Waals surface area contributed by atoms with Crippen molar-refractivity contribution in [2.24, 2.45) is 11.8 Å². The van der Waals surface area contributed by atoms with Gasteiger partial charge in [0.25, 0.3) is 0 Å². The Morgan fingerprint density at radius 2 is 2.00 bits per heavy atom. The van der Waals surface area contributed by atoms with Crippen LogP contribution in [0.15, 0.2) is 0 Å². The lowest BCUT2D eigenvalue weighted by Crippen LogP contribution is -2.53. The SMILES string of the molecule is CCCC1CCN(C(=O)C2CNC2)CC1. The van der Waals surface area contributed by atoms with Crippen molar-refractivity contribution >= 4 is 5.91 Å². The molecule has 1 N–H and O–H groups in total. The molecule has 3 nitrogen and oxygen atoms in total. The van der Waals surface area contributed by atoms with E-state index in [0.717, 1.165) is 32.1 Å². The molecule has 0 aliphatic carbocycles. The molecule has 0 radical (unpaired) electrons. The van der Waals surface area contributed by atoms with Gasteiger partial charge in [0.1, 0.15) is 0 Å². The van der Waals surface area contributed by atoms with Crippen molar-refractivity contribution in [1.29, 1.82) is 0 Å². The number of carbonyl (C=O) groups excluding carboxylic acids is 1. The Hall–Kier alpha value is -0.570. The smallest absolute Gasteiger partial charge is 0.228 e. The summed E-state index contributed by atoms with van der Waals surface area (Å²) in [5, 5.41) is 3.16. The Morgan fingerprint density at radius 3 is 2.47 bits per heavy atom. The van der Waals surface area contributed by atoms with Crippen molar-refractivity contribution < 1.29 is 4.79 Å². The summed E-state index contributed by atoms with van der Waals surface area (Å²) in [7, 11) is 0. The fourth-order valence-corrected chi connectivity index (χ4v) is 2.57. The van der Waals surface area contributed by atoms with Crippen LogP contribution in [0.25, 0.3) is 0 Å². The number of piperidine rings is 1. The van der Waals surface area contributed by atoms with Crippen molar-refractivity contribution in [3.63, 3.8) is 0 Å². The molecule has 2 heterocycles. The van der Waals surface area contributed by atoms with Gasteiger partial charge in [-0.3, -0.25) is 4.79 Å². The summed E-state index contributed by atoms with van der Waals surface area (Å²) in [5.41, 5.74) is 0. The van der Waals surface area contributed by atoms with Crippen molar-refractivity contribution in [3.8, 4) is 0 Å². The topological polar surface area (TPSA) is 32.3 Å². The Balaban J connectivity index is 1.74. The maximum Gasteiger partial charge on any atom is 0.228 e. The number of nitrogens with one attached hydrogen (secondary N) is 1. The fourth-order valence-electron chi connectivity index (χ4n) is 2.57. The normalized spacial score (nSPS) is 23.9. The Labute approximate surface area is 92.2 Å². The van der Waals surface area contributed by atoms with Gasteiger partial charge in [-0.1, -0.05) is 19.8 Å². The highest BCUT2D eigenvalue weighted by Crippen LogP contribution is 2.23. The van der Waals surface area contributed by atoms with E-state index in [4.69, 9.17) is 0 Å². The molecule has 0 aromatic rings. The van der Waals surface area contributed by atoms with Gasteiger partial charge in [-0.15, -0.1) is 0 Å². The highest BCUT2D eigenvalue weighted by molar-refractivity contribution is 5.80. The minimum atomic E-state index is 0.285. The number of carbonyl (C=O) groups is 1. The molecule has 2 rings (SSSR count). The average molecular weight is 210 g/mol. The maximum atomic E-state index is 11.9. The monoisotopic (exact) mass is 210 g/mol. The predicted molar refractivity (Wildman–Crippen MR) is 60.6 cm³/mol. The average Bonchev–Trinajstić information content (AvgIpc) is 2.16. The summed E-state index contributed by atoms with van der Waals surface area (Å²) >= 11 is 0. The van der Waals surface area contributed by atoms with Crippen LogP contribution in [0, 0.1) is 11.8 Å². The molecule has 0 aromatic heterocycles. The van der Waals surface area contributed by atoms with Crippen LogP contribution < -0.4 is 5.32 Å². The van der Waals surface area contributed by atoms with E-state index in [1.165, 1.54) is 25.7 Å². The number of hydrogen-bond acceptors (Lipinski definition) is 2. The van der Waals surface area contributed by atoms with Crippen molar-refractivity contribution in [1.82, 2.24) is 10.2 Å². The van der Waals surface area contributed by atoms with Crippen molar-refractivity contribution in [2.75, 3.05) is 26.2 Å². The van der Waals surface area contributed by atoms with Crippen LogP contribution in [0.1, 0.15) is 32.6 Å². The van der Waals surface area contributed by atoms with E-state index in [1.54, 1.807) is 0 Å². The van der Waals surface area contributed by atoms with Crippen LogP contribution in [0.3, 0.4) is 0 Å². The van der Waals surface area contributed by atoms with E-state index in [2.05, 4.69) is 17.1 Å². The van der Waals surface area contributed by atoms with E-state index in [1.807, 2.05) is 0 Å². The zero-order valence-electron chi connectivity index (χ0n) is 9.67. The van der Waals surface area contributed by atoms with E-state index >= 15 is 0 Å². The highest BCUT2D eigenvalue weighted by atomic mass is 16.2. The quantitative estimate of drug-likeness (QED) is 0.760. The molecule has 2 saturated heterocycles. The van der Waals surface area contributed by atoms with Crippen LogP contribution in [-0.4, -0.2) is 37.0 Å². The zero-order chi connectivity index (χ0) is 10.7. The molecule has 2 aliphatic rings. The van der Waals surface area contributed by atoms with Gasteiger partial charge in [-0.25, -0.2) is 0 Å². The molecule has 0 aromatic carbocycles. The van der Waals surface area contributed by atoms with Gasteiger partial charge in [0.2, 0.25) is 5.91 Å². The minimum Gasteiger partial charge on any atom is -0.342 e. The first-order chi connectivity index (χ1) is 7.31. The van der Waals surface area contributed by atoms with Crippen molar-refractivity contribution in [3.05, 3.63) is 0 Å². The minimum absolute atomic E-state index is 0.285. The molecule has 1 amide bonds. The predicted octanol–water partition coefficient (Wildman–Crippen LogP) is 1.24. The second kappa shape index (κ2) is 4.97. The molecule has 2 aliphatic heterocycles. The van der Waals surface area contributed by atoms with Crippen LogP contribution >= 0.6 is 0 Å². The largest absolute Gasteiger partial charge is 0.342 e. The maximum absolute atomic E-state index is 11.9. The molecule has 15 heavy (non-hydrogen) atoms. The van der Waals surface area contributed by atoms with Crippen LogP contribution in [0.5, 0.6) is 0 Å². The van der Waals surface area contributed by atoms with E-state index in [9.17, 15) is 4.79 Å². The van der Waals surface area contributed by atoms with Gasteiger partial charge >= 0.3 is 0 Å². The number of hydrogen-bond donors (Lipinski definition) is 1. The van der Waals surface area contributed by atoms with Gasteiger partial charge < -0.3 is 10.2 Å². The first-order valence-corrected chi connectivity index (χ1v) is 6.30. The second-order valence-corrected chi connectivity index (χ2v) is 4.91. The summed E-state index contributed by atoms with van der Waals surface area (Å²) in [6.45, 7) is 6.04. The van der Waals surface area contributed by atoms with Gasteiger partial charge in [0, 0.05) is 26.2 Å². The second-order valence-electron chi connectivity index (χ2n) is 4.91. The summed E-state index contributed by atoms with van der Waals surface area (Å²) in [6.07, 6.45) is 5.07. The van der Waals surface area contributed by atoms with Crippen molar-refractivity contribution in [2.45, 2.75) is 32.6 Å². The summed E-state index contributed by atoms with van der Waals surface area (Å²) in [6, 6.07) is 0. The highest BCUT2D eigenvalue weighted by Gasteiger charge is 2.31. The zero-order valence-corrected chi connectivity index (χ0v) is 9.67. The van der Waals surface area contributed by atoms with Crippen LogP contribution in [0.2, 0.25) is 0 Å². The molecule has 2 fully saturated rings. The molecule has 0 unspecified atom stereocenters. The molecule has 0 saturated carbocycles. The van der Waals surface area contributed by atoms with Crippen LogP contribution in [-0.2, 0) is 4.79 Å². The van der Waals surface area contributed by atoms with E-state index in [0.29, 0.717) is 5.91 Å².